The average molecular weight is 256 g/mol. The molecule has 2 rings (SSSR count). The summed E-state index contributed by atoms with van der Waals surface area (Å²) in [7, 11) is 0. The maximum atomic E-state index is 12.5. The Morgan fingerprint density at radius 1 is 1.16 bits per heavy atom. The normalized spacial score (nSPS) is 10.7. The van der Waals surface area contributed by atoms with Crippen molar-refractivity contribution in [2.75, 3.05) is 0 Å². The summed E-state index contributed by atoms with van der Waals surface area (Å²) in [6, 6.07) is 2.15. The summed E-state index contributed by atoms with van der Waals surface area (Å²) in [5.41, 5.74) is 5.50. The van der Waals surface area contributed by atoms with Gasteiger partial charge in [-0.15, -0.1) is 0 Å². The SMILES string of the molecule is Cc1cc(C)c(C)c(C(=O)CCn2ccnc2)c1C. The lowest BCUT2D eigenvalue weighted by Crippen LogP contribution is -2.10. The van der Waals surface area contributed by atoms with Crippen LogP contribution in [0, 0.1) is 27.7 Å². The smallest absolute Gasteiger partial charge is 0.165 e. The van der Waals surface area contributed by atoms with Gasteiger partial charge < -0.3 is 4.57 Å². The lowest BCUT2D eigenvalue weighted by atomic mass is 9.91. The molecule has 0 N–H and O–H groups in total. The highest BCUT2D eigenvalue weighted by atomic mass is 16.1. The Balaban J connectivity index is 2.24. The molecule has 19 heavy (non-hydrogen) atoms. The third-order valence-corrected chi connectivity index (χ3v) is 3.80. The van der Waals surface area contributed by atoms with Crippen LogP contribution in [0.25, 0.3) is 0 Å². The van der Waals surface area contributed by atoms with E-state index in [9.17, 15) is 4.79 Å². The van der Waals surface area contributed by atoms with Gasteiger partial charge in [-0.3, -0.25) is 4.79 Å². The Morgan fingerprint density at radius 3 is 2.32 bits per heavy atom. The number of carbonyl (C=O) groups is 1. The Morgan fingerprint density at radius 2 is 1.79 bits per heavy atom. The molecule has 0 spiro atoms. The predicted molar refractivity (Wildman–Crippen MR) is 76.6 cm³/mol. The summed E-state index contributed by atoms with van der Waals surface area (Å²) in [6.45, 7) is 8.88. The Hall–Kier alpha value is -1.90. The minimum atomic E-state index is 0.218. The number of benzene rings is 1. The number of Topliss-reactive ketones (excluding diaryl/α,β-unsaturated/α-hetero) is 1. The van der Waals surface area contributed by atoms with E-state index in [1.54, 1.807) is 12.5 Å². The fourth-order valence-electron chi connectivity index (χ4n) is 2.41. The van der Waals surface area contributed by atoms with E-state index >= 15 is 0 Å². The van der Waals surface area contributed by atoms with E-state index in [-0.39, 0.29) is 5.78 Å². The lowest BCUT2D eigenvalue weighted by Gasteiger charge is -2.14. The van der Waals surface area contributed by atoms with Gasteiger partial charge in [-0.2, -0.15) is 0 Å². The highest BCUT2D eigenvalue weighted by molar-refractivity contribution is 5.99. The minimum Gasteiger partial charge on any atom is -0.337 e. The van der Waals surface area contributed by atoms with E-state index in [0.717, 1.165) is 16.7 Å². The third-order valence-electron chi connectivity index (χ3n) is 3.80. The molecule has 0 saturated heterocycles. The number of imidazole rings is 1. The minimum absolute atomic E-state index is 0.218. The quantitative estimate of drug-likeness (QED) is 0.786. The van der Waals surface area contributed by atoms with Gasteiger partial charge in [0.25, 0.3) is 0 Å². The fraction of sp³-hybridized carbons (Fsp3) is 0.375. The van der Waals surface area contributed by atoms with E-state index in [1.165, 1.54) is 11.1 Å². The van der Waals surface area contributed by atoms with E-state index < -0.39 is 0 Å². The standard InChI is InChI=1S/C16H20N2O/c1-11-9-12(2)14(4)16(13(11)3)15(19)5-7-18-8-6-17-10-18/h6,8-10H,5,7H2,1-4H3. The Labute approximate surface area is 114 Å². The number of nitrogens with zero attached hydrogens (tertiary/aromatic N) is 2. The van der Waals surface area contributed by atoms with Crippen molar-refractivity contribution in [1.29, 1.82) is 0 Å². The van der Waals surface area contributed by atoms with Gasteiger partial charge in [0.05, 0.1) is 6.33 Å². The van der Waals surface area contributed by atoms with E-state index in [4.69, 9.17) is 0 Å². The van der Waals surface area contributed by atoms with Gasteiger partial charge in [0, 0.05) is 30.9 Å². The van der Waals surface area contributed by atoms with Gasteiger partial charge in [0.15, 0.2) is 5.78 Å². The zero-order valence-electron chi connectivity index (χ0n) is 12.0. The summed E-state index contributed by atoms with van der Waals surface area (Å²) in [4.78, 5) is 16.4. The molecule has 3 nitrogen and oxygen atoms in total. The second kappa shape index (κ2) is 5.39. The largest absolute Gasteiger partial charge is 0.337 e. The summed E-state index contributed by atoms with van der Waals surface area (Å²) in [6.07, 6.45) is 5.88. The maximum Gasteiger partial charge on any atom is 0.165 e. The molecule has 2 aromatic rings. The molecule has 1 aromatic heterocycles. The molecule has 100 valence electrons. The van der Waals surface area contributed by atoms with Crippen molar-refractivity contribution in [1.82, 2.24) is 9.55 Å². The number of carbonyl (C=O) groups excluding carboxylic acids is 1. The molecule has 0 unspecified atom stereocenters. The molecule has 3 heteroatoms. The number of ketones is 1. The van der Waals surface area contributed by atoms with E-state index in [1.807, 2.05) is 24.6 Å². The van der Waals surface area contributed by atoms with Crippen LogP contribution in [0.1, 0.15) is 39.0 Å². The lowest BCUT2D eigenvalue weighted by molar-refractivity contribution is 0.0975. The molecule has 0 aliphatic carbocycles. The number of hydrogen-bond donors (Lipinski definition) is 0. The zero-order chi connectivity index (χ0) is 14.0. The molecule has 1 aromatic carbocycles. The van der Waals surface area contributed by atoms with Crippen molar-refractivity contribution in [3.63, 3.8) is 0 Å². The van der Waals surface area contributed by atoms with Crippen LogP contribution in [0.2, 0.25) is 0 Å². The van der Waals surface area contributed by atoms with Crippen LogP contribution in [0.15, 0.2) is 24.8 Å². The number of aromatic nitrogens is 2. The molecule has 0 bridgehead atoms. The van der Waals surface area contributed by atoms with Crippen LogP contribution >= 0.6 is 0 Å². The first kappa shape index (κ1) is 13.5. The predicted octanol–water partition coefficient (Wildman–Crippen LogP) is 3.39. The molecule has 1 heterocycles. The first-order chi connectivity index (χ1) is 9.00. The molecule has 0 fully saturated rings. The van der Waals surface area contributed by atoms with Crippen molar-refractivity contribution in [3.8, 4) is 0 Å². The number of hydrogen-bond acceptors (Lipinski definition) is 2. The van der Waals surface area contributed by atoms with Crippen LogP contribution in [0.5, 0.6) is 0 Å². The second-order valence-corrected chi connectivity index (χ2v) is 5.11. The second-order valence-electron chi connectivity index (χ2n) is 5.11. The number of aryl methyl sites for hydroxylation is 3. The van der Waals surface area contributed by atoms with Crippen LogP contribution in [0.4, 0.5) is 0 Å². The summed E-state index contributed by atoms with van der Waals surface area (Å²) in [5, 5.41) is 0. The Kier molecular flexibility index (Phi) is 3.84. The van der Waals surface area contributed by atoms with Crippen molar-refractivity contribution >= 4 is 5.78 Å². The van der Waals surface area contributed by atoms with Gasteiger partial charge in [-0.25, -0.2) is 4.98 Å². The van der Waals surface area contributed by atoms with Crippen LogP contribution in [-0.4, -0.2) is 15.3 Å². The molecular weight excluding hydrogens is 236 g/mol. The maximum absolute atomic E-state index is 12.5. The monoisotopic (exact) mass is 256 g/mol. The molecule has 0 aliphatic rings. The highest BCUT2D eigenvalue weighted by Crippen LogP contribution is 2.23. The molecular formula is C16H20N2O. The molecule has 0 atom stereocenters. The van der Waals surface area contributed by atoms with E-state index in [2.05, 4.69) is 24.9 Å². The molecule has 0 amide bonds. The van der Waals surface area contributed by atoms with Gasteiger partial charge in [0.2, 0.25) is 0 Å². The summed E-state index contributed by atoms with van der Waals surface area (Å²) >= 11 is 0. The average Bonchev–Trinajstić information content (AvgIpc) is 2.87. The third kappa shape index (κ3) is 2.75. The Bertz CT molecular complexity index is 571. The molecule has 0 saturated carbocycles. The topological polar surface area (TPSA) is 34.9 Å². The van der Waals surface area contributed by atoms with Crippen LogP contribution < -0.4 is 0 Å². The van der Waals surface area contributed by atoms with Crippen molar-refractivity contribution in [2.24, 2.45) is 0 Å². The summed E-state index contributed by atoms with van der Waals surface area (Å²) in [5.74, 6) is 0.218. The van der Waals surface area contributed by atoms with Crippen molar-refractivity contribution < 1.29 is 4.79 Å². The zero-order valence-corrected chi connectivity index (χ0v) is 12.0. The van der Waals surface area contributed by atoms with Crippen LogP contribution in [-0.2, 0) is 6.54 Å². The van der Waals surface area contributed by atoms with Gasteiger partial charge in [0.1, 0.15) is 0 Å². The summed E-state index contributed by atoms with van der Waals surface area (Å²) < 4.78 is 1.94. The van der Waals surface area contributed by atoms with E-state index in [0.29, 0.717) is 13.0 Å². The first-order valence-corrected chi connectivity index (χ1v) is 6.57. The van der Waals surface area contributed by atoms with Gasteiger partial charge >= 0.3 is 0 Å². The highest BCUT2D eigenvalue weighted by Gasteiger charge is 2.15. The van der Waals surface area contributed by atoms with Crippen molar-refractivity contribution in [3.05, 3.63) is 52.6 Å². The molecule has 0 aliphatic heterocycles. The van der Waals surface area contributed by atoms with Crippen molar-refractivity contribution in [2.45, 2.75) is 40.7 Å². The van der Waals surface area contributed by atoms with Gasteiger partial charge in [-0.1, -0.05) is 6.07 Å². The fourth-order valence-corrected chi connectivity index (χ4v) is 2.41. The number of rotatable bonds is 4. The molecule has 0 radical (unpaired) electrons. The first-order valence-electron chi connectivity index (χ1n) is 6.57. The van der Waals surface area contributed by atoms with Gasteiger partial charge in [-0.05, 0) is 49.9 Å². The van der Waals surface area contributed by atoms with Crippen LogP contribution in [0.3, 0.4) is 0 Å².